The van der Waals surface area contributed by atoms with E-state index in [0.29, 0.717) is 31.6 Å². The van der Waals surface area contributed by atoms with Gasteiger partial charge < -0.3 is 21.1 Å². The zero-order valence-electron chi connectivity index (χ0n) is 18.9. The van der Waals surface area contributed by atoms with E-state index in [-0.39, 0.29) is 5.91 Å². The number of H-pyrrole nitrogens is 1. The molecule has 0 saturated heterocycles. The Balaban J connectivity index is 1.74. The van der Waals surface area contributed by atoms with E-state index in [2.05, 4.69) is 16.9 Å². The molecule has 1 aliphatic rings. The summed E-state index contributed by atoms with van der Waals surface area (Å²) >= 11 is 0. The number of aliphatic hydroxyl groups excluding tert-OH is 1. The smallest absolute Gasteiger partial charge is 0.243 e. The van der Waals surface area contributed by atoms with Gasteiger partial charge in [-0.15, -0.1) is 0 Å². The molecule has 1 atom stereocenters. The lowest BCUT2D eigenvalue weighted by molar-refractivity contribution is -0.116. The van der Waals surface area contributed by atoms with E-state index >= 15 is 0 Å². The van der Waals surface area contributed by atoms with E-state index in [1.54, 1.807) is 6.07 Å². The first kappa shape index (κ1) is 23.9. The van der Waals surface area contributed by atoms with Gasteiger partial charge in [-0.2, -0.15) is 4.31 Å². The van der Waals surface area contributed by atoms with Crippen LogP contribution in [0.1, 0.15) is 29.5 Å². The summed E-state index contributed by atoms with van der Waals surface area (Å²) < 4.78 is 25.1. The molecule has 9 heteroatoms. The minimum Gasteiger partial charge on any atom is -0.374 e. The van der Waals surface area contributed by atoms with Crippen molar-refractivity contribution in [3.63, 3.8) is 0 Å². The highest BCUT2D eigenvalue weighted by Crippen LogP contribution is 2.36. The third-order valence-corrected chi connectivity index (χ3v) is 7.29. The molecule has 5 N–H and O–H groups in total. The summed E-state index contributed by atoms with van der Waals surface area (Å²) in [6, 6.07) is 13.6. The van der Waals surface area contributed by atoms with Crippen LogP contribution in [0.2, 0.25) is 0 Å². The van der Waals surface area contributed by atoms with Crippen LogP contribution in [0.25, 0.3) is 27.6 Å². The monoisotopic (exact) mass is 480 g/mol. The summed E-state index contributed by atoms with van der Waals surface area (Å²) in [5, 5.41) is 13.8. The zero-order valence-corrected chi connectivity index (χ0v) is 19.7. The Hall–Kier alpha value is -3.24. The Kier molecular flexibility index (Phi) is 6.72. The van der Waals surface area contributed by atoms with Gasteiger partial charge in [0, 0.05) is 36.3 Å². The van der Waals surface area contributed by atoms with Crippen molar-refractivity contribution in [3.8, 4) is 11.1 Å². The van der Waals surface area contributed by atoms with Crippen LogP contribution < -0.4 is 11.1 Å². The molecule has 0 fully saturated rings. The number of carbonyl (C=O) groups excluding carboxylic acids is 1. The molecule has 1 aromatic heterocycles. The number of amides is 1. The van der Waals surface area contributed by atoms with Crippen molar-refractivity contribution in [1.29, 1.82) is 0 Å². The van der Waals surface area contributed by atoms with Crippen LogP contribution in [0.3, 0.4) is 0 Å². The quantitative estimate of drug-likeness (QED) is 0.305. The molecule has 4 rings (SSSR count). The molecule has 3 aromatic rings. The standard InChI is InChI=1S/C25H28N4O4S/c1-3-23(30)27-15-16-5-4-6-18(13-16)19-7-8-20(25(26)31)24-21(19)14-22(28-24)17-9-11-29(12-10-17)34(2,32)33/h3-9,13-14,25,28,31H,1,10-12,15,26H2,2H3,(H,27,30). The SMILES string of the molecule is C=CC(=O)NCc1cccc(-c2ccc(C(N)O)c3[nH]c(C4=CCN(S(C)(=O)=O)CC4)cc23)c1. The Morgan fingerprint density at radius 1 is 1.32 bits per heavy atom. The first-order valence-electron chi connectivity index (χ1n) is 10.9. The number of aromatic nitrogens is 1. The number of hydrogen-bond donors (Lipinski definition) is 4. The number of nitrogens with zero attached hydrogens (tertiary/aromatic N) is 1. The Morgan fingerprint density at radius 2 is 2.12 bits per heavy atom. The number of rotatable bonds is 7. The van der Waals surface area contributed by atoms with Crippen LogP contribution >= 0.6 is 0 Å². The Bertz CT molecular complexity index is 1390. The number of aromatic amines is 1. The van der Waals surface area contributed by atoms with Crippen molar-refractivity contribution in [3.05, 3.63) is 78.0 Å². The molecule has 1 unspecified atom stereocenters. The third kappa shape index (κ3) is 4.97. The second-order valence-corrected chi connectivity index (χ2v) is 10.3. The molecule has 8 nitrogen and oxygen atoms in total. The molecule has 0 bridgehead atoms. The molecule has 34 heavy (non-hydrogen) atoms. The minimum absolute atomic E-state index is 0.237. The van der Waals surface area contributed by atoms with Crippen LogP contribution in [0, 0.1) is 0 Å². The van der Waals surface area contributed by atoms with Gasteiger partial charge in [0.1, 0.15) is 6.23 Å². The molecular weight excluding hydrogens is 452 g/mol. The molecule has 1 aliphatic heterocycles. The van der Waals surface area contributed by atoms with E-state index < -0.39 is 16.3 Å². The molecule has 0 radical (unpaired) electrons. The minimum atomic E-state index is -3.24. The lowest BCUT2D eigenvalue weighted by Crippen LogP contribution is -2.33. The molecule has 2 heterocycles. The van der Waals surface area contributed by atoms with Crippen molar-refractivity contribution in [2.75, 3.05) is 19.3 Å². The highest BCUT2D eigenvalue weighted by molar-refractivity contribution is 7.88. The topological polar surface area (TPSA) is 129 Å². The molecular formula is C25H28N4O4S. The summed E-state index contributed by atoms with van der Waals surface area (Å²) in [5.74, 6) is -0.237. The third-order valence-electron chi connectivity index (χ3n) is 6.02. The Morgan fingerprint density at radius 3 is 2.76 bits per heavy atom. The van der Waals surface area contributed by atoms with E-state index in [0.717, 1.165) is 38.9 Å². The summed E-state index contributed by atoms with van der Waals surface area (Å²) in [6.07, 6.45) is 3.79. The number of nitrogens with two attached hydrogens (primary N) is 1. The van der Waals surface area contributed by atoms with Crippen molar-refractivity contribution < 1.29 is 18.3 Å². The van der Waals surface area contributed by atoms with E-state index in [1.807, 2.05) is 42.5 Å². The molecule has 0 saturated carbocycles. The summed E-state index contributed by atoms with van der Waals surface area (Å²) in [6.45, 7) is 4.58. The second kappa shape index (κ2) is 9.55. The fourth-order valence-electron chi connectivity index (χ4n) is 4.22. The van der Waals surface area contributed by atoms with Gasteiger partial charge in [-0.05, 0) is 46.9 Å². The predicted molar refractivity (Wildman–Crippen MR) is 134 cm³/mol. The highest BCUT2D eigenvalue weighted by Gasteiger charge is 2.22. The fourth-order valence-corrected chi connectivity index (χ4v) is 4.99. The lowest BCUT2D eigenvalue weighted by Gasteiger charge is -2.23. The maximum absolute atomic E-state index is 11.8. The van der Waals surface area contributed by atoms with Crippen molar-refractivity contribution in [1.82, 2.24) is 14.6 Å². The number of hydrogen-bond acceptors (Lipinski definition) is 5. The number of sulfonamides is 1. The van der Waals surface area contributed by atoms with Crippen molar-refractivity contribution >= 4 is 32.4 Å². The lowest BCUT2D eigenvalue weighted by atomic mass is 9.96. The first-order valence-corrected chi connectivity index (χ1v) is 12.8. The van der Waals surface area contributed by atoms with Gasteiger partial charge in [0.05, 0.1) is 11.8 Å². The predicted octanol–water partition coefficient (Wildman–Crippen LogP) is 2.64. The van der Waals surface area contributed by atoms with E-state index in [9.17, 15) is 18.3 Å². The zero-order chi connectivity index (χ0) is 24.5. The maximum Gasteiger partial charge on any atom is 0.243 e. The van der Waals surface area contributed by atoms with Crippen LogP contribution in [-0.2, 0) is 21.4 Å². The number of nitrogens with one attached hydrogen (secondary N) is 2. The second-order valence-electron chi connectivity index (χ2n) is 8.34. The highest BCUT2D eigenvalue weighted by atomic mass is 32.2. The largest absolute Gasteiger partial charge is 0.374 e. The van der Waals surface area contributed by atoms with Crippen LogP contribution in [0.5, 0.6) is 0 Å². The number of aliphatic hydroxyl groups is 1. The average molecular weight is 481 g/mol. The Labute approximate surface area is 198 Å². The first-order chi connectivity index (χ1) is 16.2. The molecule has 1 amide bonds. The van der Waals surface area contributed by atoms with E-state index in [4.69, 9.17) is 5.73 Å². The van der Waals surface area contributed by atoms with Crippen LogP contribution in [-0.4, -0.2) is 48.1 Å². The summed E-state index contributed by atoms with van der Waals surface area (Å²) in [5.41, 5.74) is 11.9. The van der Waals surface area contributed by atoms with Gasteiger partial charge >= 0.3 is 0 Å². The van der Waals surface area contributed by atoms with Gasteiger partial charge in [-0.1, -0.05) is 43.0 Å². The number of benzene rings is 2. The van der Waals surface area contributed by atoms with Gasteiger partial charge in [0.25, 0.3) is 0 Å². The van der Waals surface area contributed by atoms with Crippen LogP contribution in [0.4, 0.5) is 0 Å². The summed E-state index contributed by atoms with van der Waals surface area (Å²) in [7, 11) is -3.24. The van der Waals surface area contributed by atoms with E-state index in [1.165, 1.54) is 16.6 Å². The fraction of sp³-hybridized carbons (Fsp3) is 0.240. The normalized spacial score (nSPS) is 15.7. The molecule has 0 aliphatic carbocycles. The molecule has 2 aromatic carbocycles. The average Bonchev–Trinajstić information content (AvgIpc) is 3.27. The van der Waals surface area contributed by atoms with Crippen molar-refractivity contribution in [2.45, 2.75) is 19.2 Å². The van der Waals surface area contributed by atoms with Crippen LogP contribution in [0.15, 0.2) is 61.2 Å². The summed E-state index contributed by atoms with van der Waals surface area (Å²) in [4.78, 5) is 14.9. The van der Waals surface area contributed by atoms with Gasteiger partial charge in [0.2, 0.25) is 15.9 Å². The van der Waals surface area contributed by atoms with Gasteiger partial charge in [-0.25, -0.2) is 8.42 Å². The number of fused-ring (bicyclic) bond motifs is 1. The molecule has 0 spiro atoms. The number of carbonyl (C=O) groups is 1. The molecule has 178 valence electrons. The van der Waals surface area contributed by atoms with Crippen molar-refractivity contribution in [2.24, 2.45) is 5.73 Å². The van der Waals surface area contributed by atoms with Gasteiger partial charge in [0.15, 0.2) is 0 Å². The van der Waals surface area contributed by atoms with Gasteiger partial charge in [-0.3, -0.25) is 4.79 Å². The maximum atomic E-state index is 11.8.